The molecule has 0 aliphatic heterocycles. The third-order valence-electron chi connectivity index (χ3n) is 2.10. The number of carboxylic acids is 2. The second kappa shape index (κ2) is 11.5. The van der Waals surface area contributed by atoms with E-state index in [1.807, 2.05) is 31.3 Å². The van der Waals surface area contributed by atoms with Crippen LogP contribution in [0.5, 0.6) is 11.5 Å². The van der Waals surface area contributed by atoms with Crippen LogP contribution < -0.4 is 14.8 Å². The van der Waals surface area contributed by atoms with Crippen LogP contribution in [0.4, 0.5) is 0 Å². The molecule has 21 heavy (non-hydrogen) atoms. The Kier molecular flexibility index (Phi) is 10.3. The van der Waals surface area contributed by atoms with E-state index < -0.39 is 11.9 Å². The molecule has 0 aliphatic rings. The fourth-order valence-electron chi connectivity index (χ4n) is 1.12. The first-order valence-electron chi connectivity index (χ1n) is 6.47. The summed E-state index contributed by atoms with van der Waals surface area (Å²) in [6.07, 6.45) is 1.03. The molecular weight excluding hydrogens is 278 g/mol. The van der Waals surface area contributed by atoms with E-state index >= 15 is 0 Å². The molecule has 118 valence electrons. The van der Waals surface area contributed by atoms with Gasteiger partial charge in [0, 0.05) is 6.54 Å². The van der Waals surface area contributed by atoms with Gasteiger partial charge in [0.25, 0.3) is 0 Å². The molecule has 0 aromatic heterocycles. The lowest BCUT2D eigenvalue weighted by atomic mass is 10.3. The number of rotatable bonds is 7. The average molecular weight is 299 g/mol. The van der Waals surface area contributed by atoms with Crippen LogP contribution in [-0.2, 0) is 9.59 Å². The highest BCUT2D eigenvalue weighted by Crippen LogP contribution is 2.17. The van der Waals surface area contributed by atoms with Gasteiger partial charge in [-0.15, -0.1) is 0 Å². The minimum Gasteiger partial charge on any atom is -0.494 e. The Morgan fingerprint density at radius 2 is 1.43 bits per heavy atom. The second-order valence-corrected chi connectivity index (χ2v) is 3.88. The highest BCUT2D eigenvalue weighted by atomic mass is 16.5. The van der Waals surface area contributed by atoms with Crippen molar-refractivity contribution in [1.82, 2.24) is 5.32 Å². The zero-order chi connectivity index (χ0) is 16.1. The summed E-state index contributed by atoms with van der Waals surface area (Å²) in [6, 6.07) is 7.73. The number of carboxylic acid groups (broad SMARTS) is 2. The molecule has 7 nitrogen and oxygen atoms in total. The normalized spacial score (nSPS) is 9.24. The maximum atomic E-state index is 9.10. The maximum absolute atomic E-state index is 9.10. The fourth-order valence-corrected chi connectivity index (χ4v) is 1.12. The molecule has 1 aromatic carbocycles. The van der Waals surface area contributed by atoms with Gasteiger partial charge in [0.1, 0.15) is 18.1 Å². The Morgan fingerprint density at radius 3 is 1.76 bits per heavy atom. The molecule has 0 saturated carbocycles. The Morgan fingerprint density at radius 1 is 1.00 bits per heavy atom. The number of benzene rings is 1. The summed E-state index contributed by atoms with van der Waals surface area (Å²) < 4.78 is 11.0. The summed E-state index contributed by atoms with van der Waals surface area (Å²) in [7, 11) is 1.91. The molecule has 3 N–H and O–H groups in total. The smallest absolute Gasteiger partial charge is 0.414 e. The van der Waals surface area contributed by atoms with Crippen LogP contribution >= 0.6 is 0 Å². The summed E-state index contributed by atoms with van der Waals surface area (Å²) in [5.74, 6) is -1.86. The van der Waals surface area contributed by atoms with Crippen molar-refractivity contribution in [3.8, 4) is 11.5 Å². The van der Waals surface area contributed by atoms with Crippen molar-refractivity contribution in [2.45, 2.75) is 13.3 Å². The van der Waals surface area contributed by atoms with Crippen molar-refractivity contribution in [3.05, 3.63) is 24.3 Å². The van der Waals surface area contributed by atoms with Crippen molar-refractivity contribution < 1.29 is 29.3 Å². The first-order valence-corrected chi connectivity index (χ1v) is 6.47. The second-order valence-electron chi connectivity index (χ2n) is 3.88. The van der Waals surface area contributed by atoms with Gasteiger partial charge in [-0.1, -0.05) is 6.92 Å². The van der Waals surface area contributed by atoms with Crippen LogP contribution in [-0.4, -0.2) is 49.0 Å². The SMILES string of the molecule is CCCOc1ccc(OCCNC)cc1.O=C(O)C(=O)O. The van der Waals surface area contributed by atoms with Crippen LogP contribution in [0.1, 0.15) is 13.3 Å². The molecule has 0 amide bonds. The van der Waals surface area contributed by atoms with Gasteiger partial charge in [-0.25, -0.2) is 9.59 Å². The zero-order valence-electron chi connectivity index (χ0n) is 12.2. The van der Waals surface area contributed by atoms with Gasteiger partial charge in [-0.3, -0.25) is 0 Å². The van der Waals surface area contributed by atoms with Crippen molar-refractivity contribution in [1.29, 1.82) is 0 Å². The van der Waals surface area contributed by atoms with E-state index in [0.717, 1.165) is 31.1 Å². The largest absolute Gasteiger partial charge is 0.494 e. The summed E-state index contributed by atoms with van der Waals surface area (Å²) in [5, 5.41) is 17.8. The summed E-state index contributed by atoms with van der Waals surface area (Å²) >= 11 is 0. The number of aliphatic carboxylic acids is 2. The number of likely N-dealkylation sites (N-methyl/N-ethyl adjacent to an activating group) is 1. The van der Waals surface area contributed by atoms with E-state index in [9.17, 15) is 0 Å². The molecule has 0 aliphatic carbocycles. The lowest BCUT2D eigenvalue weighted by Crippen LogP contribution is -2.15. The van der Waals surface area contributed by atoms with Crippen molar-refractivity contribution in [3.63, 3.8) is 0 Å². The minimum atomic E-state index is -1.82. The maximum Gasteiger partial charge on any atom is 0.414 e. The van der Waals surface area contributed by atoms with E-state index in [4.69, 9.17) is 29.3 Å². The lowest BCUT2D eigenvalue weighted by molar-refractivity contribution is -0.159. The van der Waals surface area contributed by atoms with Gasteiger partial charge >= 0.3 is 11.9 Å². The number of hydrogen-bond donors (Lipinski definition) is 3. The molecule has 0 heterocycles. The molecule has 0 atom stereocenters. The van der Waals surface area contributed by atoms with Crippen molar-refractivity contribution >= 4 is 11.9 Å². The molecule has 7 heteroatoms. The number of ether oxygens (including phenoxy) is 2. The summed E-state index contributed by atoms with van der Waals surface area (Å²) in [4.78, 5) is 18.2. The molecule has 0 radical (unpaired) electrons. The molecule has 1 rings (SSSR count). The van der Waals surface area contributed by atoms with Crippen LogP contribution in [0.2, 0.25) is 0 Å². The fraction of sp³-hybridized carbons (Fsp3) is 0.429. The van der Waals surface area contributed by atoms with Crippen LogP contribution in [0.3, 0.4) is 0 Å². The zero-order valence-corrected chi connectivity index (χ0v) is 12.2. The lowest BCUT2D eigenvalue weighted by Gasteiger charge is -2.07. The molecule has 1 aromatic rings. The quantitative estimate of drug-likeness (QED) is 0.513. The molecule has 0 saturated heterocycles. The average Bonchev–Trinajstić information content (AvgIpc) is 2.47. The number of carbonyl (C=O) groups is 2. The molecule has 0 spiro atoms. The van der Waals surface area contributed by atoms with Crippen LogP contribution in [0.25, 0.3) is 0 Å². The Balaban J connectivity index is 0.000000567. The monoisotopic (exact) mass is 299 g/mol. The first-order chi connectivity index (χ1) is 10.0. The standard InChI is InChI=1S/C12H19NO2.C2H2O4/c1-3-9-14-11-4-6-12(7-5-11)15-10-8-13-2;3-1(4)2(5)6/h4-7,13H,3,8-10H2,1-2H3;(H,3,4)(H,5,6). The predicted octanol–water partition coefficient (Wildman–Crippen LogP) is 1.23. The molecule has 0 fully saturated rings. The Hall–Kier alpha value is -2.28. The minimum absolute atomic E-state index is 0.686. The number of hydrogen-bond acceptors (Lipinski definition) is 5. The van der Waals surface area contributed by atoms with E-state index in [2.05, 4.69) is 12.2 Å². The highest BCUT2D eigenvalue weighted by Gasteiger charge is 2.04. The van der Waals surface area contributed by atoms with E-state index in [0.29, 0.717) is 6.61 Å². The van der Waals surface area contributed by atoms with Gasteiger partial charge < -0.3 is 25.0 Å². The molecule has 0 unspecified atom stereocenters. The summed E-state index contributed by atoms with van der Waals surface area (Å²) in [6.45, 7) is 4.40. The van der Waals surface area contributed by atoms with E-state index in [-0.39, 0.29) is 0 Å². The van der Waals surface area contributed by atoms with Gasteiger partial charge in [0.05, 0.1) is 6.61 Å². The summed E-state index contributed by atoms with van der Waals surface area (Å²) in [5.41, 5.74) is 0. The van der Waals surface area contributed by atoms with Crippen molar-refractivity contribution in [2.24, 2.45) is 0 Å². The predicted molar refractivity (Wildman–Crippen MR) is 76.9 cm³/mol. The third kappa shape index (κ3) is 10.2. The van der Waals surface area contributed by atoms with Gasteiger partial charge in [0.2, 0.25) is 0 Å². The topological polar surface area (TPSA) is 105 Å². The third-order valence-corrected chi connectivity index (χ3v) is 2.10. The molecular formula is C14H21NO6. The molecule has 0 bridgehead atoms. The first kappa shape index (κ1) is 18.7. The van der Waals surface area contributed by atoms with Gasteiger partial charge in [-0.05, 0) is 37.7 Å². The van der Waals surface area contributed by atoms with E-state index in [1.54, 1.807) is 0 Å². The van der Waals surface area contributed by atoms with Crippen molar-refractivity contribution in [2.75, 3.05) is 26.8 Å². The number of nitrogens with one attached hydrogen (secondary N) is 1. The Labute approximate surface area is 123 Å². The van der Waals surface area contributed by atoms with E-state index in [1.165, 1.54) is 0 Å². The van der Waals surface area contributed by atoms with Gasteiger partial charge in [-0.2, -0.15) is 0 Å². The Bertz CT molecular complexity index is 406. The van der Waals surface area contributed by atoms with Crippen LogP contribution in [0.15, 0.2) is 24.3 Å². The van der Waals surface area contributed by atoms with Gasteiger partial charge in [0.15, 0.2) is 0 Å². The van der Waals surface area contributed by atoms with Crippen LogP contribution in [0, 0.1) is 0 Å². The highest BCUT2D eigenvalue weighted by molar-refractivity contribution is 6.27.